The van der Waals surface area contributed by atoms with Crippen LogP contribution in [-0.4, -0.2) is 36.9 Å². The van der Waals surface area contributed by atoms with Crippen LogP contribution < -0.4 is 5.32 Å². The van der Waals surface area contributed by atoms with Gasteiger partial charge in [-0.25, -0.2) is 0 Å². The van der Waals surface area contributed by atoms with E-state index in [1.807, 2.05) is 0 Å². The van der Waals surface area contributed by atoms with E-state index in [2.05, 4.69) is 19.2 Å². The van der Waals surface area contributed by atoms with E-state index in [4.69, 9.17) is 0 Å². The highest BCUT2D eigenvalue weighted by Crippen LogP contribution is 1.96. The molecule has 0 rings (SSSR count). The highest BCUT2D eigenvalue weighted by Gasteiger charge is 2.12. The zero-order chi connectivity index (χ0) is 12.4. The molecule has 0 unspecified atom stereocenters. The molecule has 94 valence electrons. The lowest BCUT2D eigenvalue weighted by Crippen LogP contribution is -2.34. The Balaban J connectivity index is 3.72. The average Bonchev–Trinajstić information content (AvgIpc) is 2.26. The fourth-order valence-corrected chi connectivity index (χ4v) is 1.26. The minimum atomic E-state index is -0.165. The molecule has 0 heterocycles. The van der Waals surface area contributed by atoms with Gasteiger partial charge in [-0.1, -0.05) is 26.7 Å². The second kappa shape index (κ2) is 9.19. The Labute approximate surface area is 98.4 Å². The van der Waals surface area contributed by atoms with E-state index < -0.39 is 0 Å². The van der Waals surface area contributed by atoms with Crippen molar-refractivity contribution in [1.82, 2.24) is 10.2 Å². The fraction of sp³-hybridized carbons (Fsp3) is 0.833. The Morgan fingerprint density at radius 2 is 1.75 bits per heavy atom. The zero-order valence-electron chi connectivity index (χ0n) is 10.7. The van der Waals surface area contributed by atoms with Crippen molar-refractivity contribution in [2.75, 3.05) is 20.1 Å². The van der Waals surface area contributed by atoms with Gasteiger partial charge in [-0.15, -0.1) is 0 Å². The van der Waals surface area contributed by atoms with Gasteiger partial charge >= 0.3 is 0 Å². The van der Waals surface area contributed by atoms with Crippen molar-refractivity contribution in [3.63, 3.8) is 0 Å². The van der Waals surface area contributed by atoms with Crippen LogP contribution in [0.15, 0.2) is 0 Å². The van der Waals surface area contributed by atoms with Crippen LogP contribution in [0.25, 0.3) is 0 Å². The van der Waals surface area contributed by atoms with Gasteiger partial charge in [-0.3, -0.25) is 9.59 Å². The molecule has 16 heavy (non-hydrogen) atoms. The third-order valence-electron chi connectivity index (χ3n) is 2.44. The van der Waals surface area contributed by atoms with Crippen LogP contribution in [-0.2, 0) is 9.59 Å². The topological polar surface area (TPSA) is 49.4 Å². The van der Waals surface area contributed by atoms with Gasteiger partial charge in [-0.05, 0) is 12.8 Å². The number of carbonyl (C=O) groups excluding carboxylic acids is 2. The first kappa shape index (κ1) is 14.9. The third kappa shape index (κ3) is 7.26. The molecular formula is C12H24N2O2. The maximum absolute atomic E-state index is 11.6. The predicted molar refractivity (Wildman–Crippen MR) is 65.1 cm³/mol. The Kier molecular flexibility index (Phi) is 8.58. The molecule has 0 saturated carbocycles. The van der Waals surface area contributed by atoms with Crippen LogP contribution in [0.3, 0.4) is 0 Å². The Bertz CT molecular complexity index is 217. The smallest absolute Gasteiger partial charge is 0.231 e. The van der Waals surface area contributed by atoms with Gasteiger partial charge in [0.2, 0.25) is 11.8 Å². The summed E-state index contributed by atoms with van der Waals surface area (Å²) in [5.74, 6) is -0.260. The molecule has 0 saturated heterocycles. The fourth-order valence-electron chi connectivity index (χ4n) is 1.26. The second-order valence-electron chi connectivity index (χ2n) is 4.05. The van der Waals surface area contributed by atoms with E-state index in [9.17, 15) is 9.59 Å². The van der Waals surface area contributed by atoms with E-state index in [0.717, 1.165) is 32.2 Å². The average molecular weight is 228 g/mol. The van der Waals surface area contributed by atoms with Crippen LogP contribution in [0.1, 0.15) is 46.0 Å². The van der Waals surface area contributed by atoms with Crippen LogP contribution in [0, 0.1) is 0 Å². The first-order chi connectivity index (χ1) is 7.61. The van der Waals surface area contributed by atoms with Gasteiger partial charge in [0, 0.05) is 20.1 Å². The number of unbranched alkanes of at least 4 members (excludes halogenated alkanes) is 2. The monoisotopic (exact) mass is 228 g/mol. The molecule has 0 fully saturated rings. The SMILES string of the molecule is CCCCNC(=O)CC(=O)N(C)CCCC. The number of rotatable bonds is 8. The van der Waals surface area contributed by atoms with Gasteiger partial charge in [-0.2, -0.15) is 0 Å². The Morgan fingerprint density at radius 3 is 2.31 bits per heavy atom. The van der Waals surface area contributed by atoms with E-state index in [-0.39, 0.29) is 18.2 Å². The molecule has 2 amide bonds. The molecule has 0 radical (unpaired) electrons. The van der Waals surface area contributed by atoms with Crippen LogP contribution >= 0.6 is 0 Å². The first-order valence-corrected chi connectivity index (χ1v) is 6.12. The molecule has 0 aromatic heterocycles. The molecule has 1 N–H and O–H groups in total. The summed E-state index contributed by atoms with van der Waals surface area (Å²) in [7, 11) is 1.75. The summed E-state index contributed by atoms with van der Waals surface area (Å²) in [6.45, 7) is 5.55. The zero-order valence-corrected chi connectivity index (χ0v) is 10.7. The van der Waals surface area contributed by atoms with Crippen LogP contribution in [0.4, 0.5) is 0 Å². The number of amides is 2. The molecule has 0 aliphatic carbocycles. The van der Waals surface area contributed by atoms with E-state index in [1.54, 1.807) is 11.9 Å². The molecule has 0 aliphatic heterocycles. The lowest BCUT2D eigenvalue weighted by Gasteiger charge is -2.16. The number of hydrogen-bond acceptors (Lipinski definition) is 2. The predicted octanol–water partition coefficient (Wildman–Crippen LogP) is 1.55. The van der Waals surface area contributed by atoms with E-state index in [0.29, 0.717) is 6.54 Å². The lowest BCUT2D eigenvalue weighted by molar-refractivity contribution is -0.135. The third-order valence-corrected chi connectivity index (χ3v) is 2.44. The minimum absolute atomic E-state index is 0.0239. The number of nitrogens with zero attached hydrogens (tertiary/aromatic N) is 1. The van der Waals surface area contributed by atoms with E-state index in [1.165, 1.54) is 0 Å². The summed E-state index contributed by atoms with van der Waals surface area (Å²) in [5.41, 5.74) is 0. The summed E-state index contributed by atoms with van der Waals surface area (Å²) < 4.78 is 0. The largest absolute Gasteiger partial charge is 0.356 e. The molecule has 0 aromatic rings. The minimum Gasteiger partial charge on any atom is -0.356 e. The van der Waals surface area contributed by atoms with Crippen molar-refractivity contribution >= 4 is 11.8 Å². The van der Waals surface area contributed by atoms with Gasteiger partial charge in [0.25, 0.3) is 0 Å². The summed E-state index contributed by atoms with van der Waals surface area (Å²) >= 11 is 0. The van der Waals surface area contributed by atoms with Gasteiger partial charge in [0.15, 0.2) is 0 Å². The molecule has 0 spiro atoms. The molecule has 0 atom stereocenters. The summed E-state index contributed by atoms with van der Waals surface area (Å²) in [6.07, 6.45) is 4.03. The van der Waals surface area contributed by atoms with Crippen molar-refractivity contribution in [2.45, 2.75) is 46.0 Å². The van der Waals surface area contributed by atoms with Crippen molar-refractivity contribution in [3.05, 3.63) is 0 Å². The molecule has 4 nitrogen and oxygen atoms in total. The van der Waals surface area contributed by atoms with Crippen LogP contribution in [0.5, 0.6) is 0 Å². The van der Waals surface area contributed by atoms with Gasteiger partial charge in [0.1, 0.15) is 6.42 Å². The summed E-state index contributed by atoms with van der Waals surface area (Å²) in [6, 6.07) is 0. The normalized spacial score (nSPS) is 9.94. The quantitative estimate of drug-likeness (QED) is 0.506. The van der Waals surface area contributed by atoms with Crippen LogP contribution in [0.2, 0.25) is 0 Å². The van der Waals surface area contributed by atoms with Crippen molar-refractivity contribution in [2.24, 2.45) is 0 Å². The molecular weight excluding hydrogens is 204 g/mol. The number of hydrogen-bond donors (Lipinski definition) is 1. The van der Waals surface area contributed by atoms with Crippen molar-refractivity contribution < 1.29 is 9.59 Å². The Hall–Kier alpha value is -1.06. The number of carbonyl (C=O) groups is 2. The highest BCUT2D eigenvalue weighted by molar-refractivity contribution is 5.96. The van der Waals surface area contributed by atoms with Gasteiger partial charge < -0.3 is 10.2 Å². The maximum atomic E-state index is 11.6. The molecule has 4 heteroatoms. The molecule has 0 bridgehead atoms. The number of nitrogens with one attached hydrogen (secondary N) is 1. The second-order valence-corrected chi connectivity index (χ2v) is 4.05. The Morgan fingerprint density at radius 1 is 1.12 bits per heavy atom. The molecule has 0 aromatic carbocycles. The first-order valence-electron chi connectivity index (χ1n) is 6.12. The summed E-state index contributed by atoms with van der Waals surface area (Å²) in [5, 5.41) is 2.74. The lowest BCUT2D eigenvalue weighted by atomic mass is 10.3. The van der Waals surface area contributed by atoms with E-state index >= 15 is 0 Å². The molecule has 0 aliphatic rings. The standard InChI is InChI=1S/C12H24N2O2/c1-4-6-8-13-11(15)10-12(16)14(3)9-7-5-2/h4-10H2,1-3H3,(H,13,15). The van der Waals surface area contributed by atoms with Crippen molar-refractivity contribution in [3.8, 4) is 0 Å². The highest BCUT2D eigenvalue weighted by atomic mass is 16.2. The van der Waals surface area contributed by atoms with Crippen molar-refractivity contribution in [1.29, 1.82) is 0 Å². The summed E-state index contributed by atoms with van der Waals surface area (Å²) in [4.78, 5) is 24.5. The maximum Gasteiger partial charge on any atom is 0.231 e. The van der Waals surface area contributed by atoms with Gasteiger partial charge in [0.05, 0.1) is 0 Å².